The minimum Gasteiger partial charge on any atom is -0.481 e. The second kappa shape index (κ2) is 8.48. The summed E-state index contributed by atoms with van der Waals surface area (Å²) in [5.74, 6) is 0.116. The van der Waals surface area contributed by atoms with E-state index < -0.39 is 5.97 Å². The first kappa shape index (κ1) is 21.4. The zero-order valence-electron chi connectivity index (χ0n) is 19.2. The molecule has 4 aromatic rings. The maximum absolute atomic E-state index is 11.2. The van der Waals surface area contributed by atoms with Crippen molar-refractivity contribution < 1.29 is 14.4 Å². The van der Waals surface area contributed by atoms with E-state index in [0.717, 1.165) is 40.7 Å². The van der Waals surface area contributed by atoms with Crippen molar-refractivity contribution >= 4 is 16.9 Å². The van der Waals surface area contributed by atoms with Gasteiger partial charge in [0.15, 0.2) is 0 Å². The van der Waals surface area contributed by atoms with Crippen LogP contribution in [0.2, 0.25) is 0 Å². The molecule has 7 heteroatoms. The normalized spacial score (nSPS) is 16.8. The molecular formula is C26H28N4O3. The number of benzene rings is 2. The minimum atomic E-state index is -0.700. The number of hydrogen-bond donors (Lipinski definition) is 1. The lowest BCUT2D eigenvalue weighted by Crippen LogP contribution is -2.22. The van der Waals surface area contributed by atoms with Crippen molar-refractivity contribution in [1.82, 2.24) is 19.6 Å². The number of rotatable bonds is 6. The fourth-order valence-electron chi connectivity index (χ4n) is 4.71. The van der Waals surface area contributed by atoms with Crippen molar-refractivity contribution in [3.8, 4) is 22.8 Å². The Bertz CT molecular complexity index is 1320. The Hall–Kier alpha value is -3.45. The van der Waals surface area contributed by atoms with Gasteiger partial charge in [-0.25, -0.2) is 0 Å². The molecule has 1 unspecified atom stereocenters. The van der Waals surface area contributed by atoms with Crippen molar-refractivity contribution in [3.63, 3.8) is 0 Å². The van der Waals surface area contributed by atoms with Gasteiger partial charge >= 0.3 is 5.97 Å². The van der Waals surface area contributed by atoms with Crippen molar-refractivity contribution in [2.24, 2.45) is 5.92 Å². The van der Waals surface area contributed by atoms with E-state index in [4.69, 9.17) is 4.52 Å². The number of aryl methyl sites for hydroxylation is 1. The molecule has 5 rings (SSSR count). The molecular weight excluding hydrogens is 416 g/mol. The number of carboxylic acid groups (broad SMARTS) is 1. The van der Waals surface area contributed by atoms with Crippen molar-refractivity contribution in [2.45, 2.75) is 39.8 Å². The van der Waals surface area contributed by atoms with Crippen molar-refractivity contribution in [3.05, 3.63) is 59.8 Å². The molecule has 1 fully saturated rings. The predicted octanol–water partition coefficient (Wildman–Crippen LogP) is 5.15. The van der Waals surface area contributed by atoms with Crippen LogP contribution in [0, 0.1) is 12.8 Å². The fourth-order valence-corrected chi connectivity index (χ4v) is 4.71. The van der Waals surface area contributed by atoms with E-state index in [-0.39, 0.29) is 5.92 Å². The van der Waals surface area contributed by atoms with Gasteiger partial charge in [-0.1, -0.05) is 23.4 Å². The standard InChI is InChI=1S/C26H28N4O3/c1-16(2)30-11-9-19-13-20(5-7-23(19)30)25-27-24(28-33-25)22-6-4-18(12-17(22)3)14-29-10-8-21(15-29)26(31)32/h4-7,9,11-13,16,21H,8,10,14-15H2,1-3H3,(H,31,32). The molecule has 0 amide bonds. The summed E-state index contributed by atoms with van der Waals surface area (Å²) in [4.78, 5) is 18.1. The van der Waals surface area contributed by atoms with Gasteiger partial charge in [0.05, 0.1) is 5.92 Å². The number of carbonyl (C=O) groups is 1. The summed E-state index contributed by atoms with van der Waals surface area (Å²) < 4.78 is 7.85. The first-order valence-corrected chi connectivity index (χ1v) is 11.4. The molecule has 0 bridgehead atoms. The molecule has 0 radical (unpaired) electrons. The van der Waals surface area contributed by atoms with Gasteiger partial charge < -0.3 is 14.2 Å². The zero-order valence-corrected chi connectivity index (χ0v) is 19.2. The second-order valence-electron chi connectivity index (χ2n) is 9.22. The van der Waals surface area contributed by atoms with E-state index in [9.17, 15) is 9.90 Å². The molecule has 0 saturated carbocycles. The molecule has 2 aromatic heterocycles. The van der Waals surface area contributed by atoms with Crippen LogP contribution in [0.4, 0.5) is 0 Å². The van der Waals surface area contributed by atoms with Gasteiger partial charge in [-0.2, -0.15) is 4.98 Å². The van der Waals surface area contributed by atoms with Gasteiger partial charge in [-0.15, -0.1) is 0 Å². The number of nitrogens with zero attached hydrogens (tertiary/aromatic N) is 4. The zero-order chi connectivity index (χ0) is 23.1. The van der Waals surface area contributed by atoms with Crippen LogP contribution in [0.1, 0.15) is 37.4 Å². The van der Waals surface area contributed by atoms with Crippen LogP contribution in [-0.4, -0.2) is 43.8 Å². The van der Waals surface area contributed by atoms with Gasteiger partial charge in [0, 0.05) is 47.4 Å². The molecule has 1 aliphatic heterocycles. The monoisotopic (exact) mass is 444 g/mol. The molecule has 7 nitrogen and oxygen atoms in total. The molecule has 1 aliphatic rings. The minimum absolute atomic E-state index is 0.258. The average molecular weight is 445 g/mol. The summed E-state index contributed by atoms with van der Waals surface area (Å²) >= 11 is 0. The van der Waals surface area contributed by atoms with Crippen LogP contribution < -0.4 is 0 Å². The van der Waals surface area contributed by atoms with Gasteiger partial charge in [0.1, 0.15) is 0 Å². The Morgan fingerprint density at radius 2 is 2.06 bits per heavy atom. The Morgan fingerprint density at radius 3 is 2.79 bits per heavy atom. The van der Waals surface area contributed by atoms with E-state index >= 15 is 0 Å². The van der Waals surface area contributed by atoms with Gasteiger partial charge in [0.25, 0.3) is 5.89 Å². The molecule has 170 valence electrons. The van der Waals surface area contributed by atoms with E-state index in [1.165, 1.54) is 5.52 Å². The lowest BCUT2D eigenvalue weighted by atomic mass is 10.0. The molecule has 1 atom stereocenters. The third-order valence-electron chi connectivity index (χ3n) is 6.51. The van der Waals surface area contributed by atoms with Gasteiger partial charge in [0.2, 0.25) is 5.82 Å². The van der Waals surface area contributed by atoms with E-state index in [1.54, 1.807) is 0 Å². The van der Waals surface area contributed by atoms with Crippen molar-refractivity contribution in [1.29, 1.82) is 0 Å². The average Bonchev–Trinajstić information content (AvgIpc) is 3.52. The number of likely N-dealkylation sites (tertiary alicyclic amines) is 1. The lowest BCUT2D eigenvalue weighted by molar-refractivity contribution is -0.141. The second-order valence-corrected chi connectivity index (χ2v) is 9.22. The third kappa shape index (κ3) is 4.16. The number of aliphatic carboxylic acids is 1. The molecule has 0 aliphatic carbocycles. The summed E-state index contributed by atoms with van der Waals surface area (Å²) in [7, 11) is 0. The number of carboxylic acids is 1. The van der Waals surface area contributed by atoms with Crippen LogP contribution in [0.3, 0.4) is 0 Å². The topological polar surface area (TPSA) is 84.4 Å². The number of aromatic nitrogens is 3. The fraction of sp³-hybridized carbons (Fsp3) is 0.346. The summed E-state index contributed by atoms with van der Waals surface area (Å²) in [6.45, 7) is 8.55. The maximum atomic E-state index is 11.2. The molecule has 2 aromatic carbocycles. The Kier molecular flexibility index (Phi) is 5.50. The summed E-state index contributed by atoms with van der Waals surface area (Å²) in [6.07, 6.45) is 2.82. The molecule has 1 saturated heterocycles. The third-order valence-corrected chi connectivity index (χ3v) is 6.51. The van der Waals surface area contributed by atoms with Crippen LogP contribution in [0.15, 0.2) is 53.2 Å². The largest absolute Gasteiger partial charge is 0.481 e. The van der Waals surface area contributed by atoms with Gasteiger partial charge in [-0.05, 0) is 69.1 Å². The SMILES string of the molecule is Cc1cc(CN2CCC(C(=O)O)C2)ccc1-c1noc(-c2ccc3c(ccn3C(C)C)c2)n1. The Balaban J connectivity index is 1.34. The highest BCUT2D eigenvalue weighted by atomic mass is 16.5. The predicted molar refractivity (Wildman–Crippen MR) is 127 cm³/mol. The number of hydrogen-bond acceptors (Lipinski definition) is 5. The van der Waals surface area contributed by atoms with E-state index in [2.05, 4.69) is 70.0 Å². The highest BCUT2D eigenvalue weighted by Crippen LogP contribution is 2.29. The van der Waals surface area contributed by atoms with Crippen LogP contribution in [-0.2, 0) is 11.3 Å². The van der Waals surface area contributed by atoms with Crippen LogP contribution >= 0.6 is 0 Å². The number of fused-ring (bicyclic) bond motifs is 1. The van der Waals surface area contributed by atoms with Crippen molar-refractivity contribution in [2.75, 3.05) is 13.1 Å². The van der Waals surface area contributed by atoms with Crippen LogP contribution in [0.25, 0.3) is 33.7 Å². The maximum Gasteiger partial charge on any atom is 0.307 e. The van der Waals surface area contributed by atoms with Crippen LogP contribution in [0.5, 0.6) is 0 Å². The summed E-state index contributed by atoms with van der Waals surface area (Å²) in [6, 6.07) is 14.9. The first-order chi connectivity index (χ1) is 15.9. The molecule has 0 spiro atoms. The smallest absolute Gasteiger partial charge is 0.307 e. The summed E-state index contributed by atoms with van der Waals surface area (Å²) in [5.41, 5.74) is 5.25. The summed E-state index contributed by atoms with van der Waals surface area (Å²) in [5, 5.41) is 14.6. The molecule has 1 N–H and O–H groups in total. The molecule has 3 heterocycles. The quantitative estimate of drug-likeness (QED) is 0.443. The van der Waals surface area contributed by atoms with E-state index in [0.29, 0.717) is 30.7 Å². The lowest BCUT2D eigenvalue weighted by Gasteiger charge is -2.16. The first-order valence-electron chi connectivity index (χ1n) is 11.4. The molecule has 33 heavy (non-hydrogen) atoms. The highest BCUT2D eigenvalue weighted by molar-refractivity contribution is 5.84. The highest BCUT2D eigenvalue weighted by Gasteiger charge is 2.27. The Morgan fingerprint density at radius 1 is 1.21 bits per heavy atom. The van der Waals surface area contributed by atoms with E-state index in [1.807, 2.05) is 19.1 Å². The Labute approximate surface area is 192 Å². The van der Waals surface area contributed by atoms with Gasteiger partial charge in [-0.3, -0.25) is 9.69 Å².